The minimum Gasteiger partial charge on any atom is -0.370 e. The Labute approximate surface area is 120 Å². The van der Waals surface area contributed by atoms with Crippen LogP contribution >= 0.6 is 0 Å². The fraction of sp³-hybridized carbons (Fsp3) is 0.778. The predicted octanol–water partition coefficient (Wildman–Crippen LogP) is 5.81. The van der Waals surface area contributed by atoms with Crippen LogP contribution in [0.1, 0.15) is 77.6 Å². The average Bonchev–Trinajstić information content (AvgIpc) is 3.16. The highest BCUT2D eigenvalue weighted by Crippen LogP contribution is 2.31. The summed E-state index contributed by atoms with van der Waals surface area (Å²) in [6.45, 7) is 5.95. The van der Waals surface area contributed by atoms with Crippen molar-refractivity contribution in [3.63, 3.8) is 0 Å². The molecule has 2 atom stereocenters. The highest BCUT2D eigenvalue weighted by Gasteiger charge is 2.36. The first-order valence-electron chi connectivity index (χ1n) is 8.31. The smallest absolute Gasteiger partial charge is 0.0841 e. The van der Waals surface area contributed by atoms with Crippen molar-refractivity contribution in [3.8, 4) is 0 Å². The molecule has 1 saturated heterocycles. The maximum Gasteiger partial charge on any atom is 0.0841 e. The predicted molar refractivity (Wildman–Crippen MR) is 84.5 cm³/mol. The lowest BCUT2D eigenvalue weighted by Gasteiger charge is -1.99. The maximum absolute atomic E-state index is 5.74. The van der Waals surface area contributed by atoms with Gasteiger partial charge in [-0.05, 0) is 25.7 Å². The Bertz CT molecular complexity index is 244. The van der Waals surface area contributed by atoms with Crippen molar-refractivity contribution in [3.05, 3.63) is 24.8 Å². The second-order valence-corrected chi connectivity index (χ2v) is 5.72. The zero-order valence-corrected chi connectivity index (χ0v) is 12.8. The SMILES string of the molecule is C=C/C=C\CCCCC1OC1CCCCCCCC. The Morgan fingerprint density at radius 2 is 1.53 bits per heavy atom. The first kappa shape index (κ1) is 16.5. The third-order valence-corrected chi connectivity index (χ3v) is 3.91. The molecule has 1 rings (SSSR count). The Hall–Kier alpha value is -0.560. The zero-order valence-electron chi connectivity index (χ0n) is 12.8. The number of epoxide rings is 1. The molecule has 0 aromatic rings. The van der Waals surface area contributed by atoms with Crippen LogP contribution in [-0.2, 0) is 4.74 Å². The third kappa shape index (κ3) is 9.04. The zero-order chi connectivity index (χ0) is 13.8. The quantitative estimate of drug-likeness (QED) is 0.232. The van der Waals surface area contributed by atoms with E-state index in [0.717, 1.165) is 0 Å². The Kier molecular flexibility index (Phi) is 9.79. The summed E-state index contributed by atoms with van der Waals surface area (Å²) in [6, 6.07) is 0. The van der Waals surface area contributed by atoms with Crippen LogP contribution in [0.4, 0.5) is 0 Å². The van der Waals surface area contributed by atoms with Crippen molar-refractivity contribution in [2.24, 2.45) is 0 Å². The summed E-state index contributed by atoms with van der Waals surface area (Å²) in [4.78, 5) is 0. The van der Waals surface area contributed by atoms with Crippen LogP contribution in [0.15, 0.2) is 24.8 Å². The first-order valence-corrected chi connectivity index (χ1v) is 8.31. The number of rotatable bonds is 13. The highest BCUT2D eigenvalue weighted by atomic mass is 16.6. The number of hydrogen-bond acceptors (Lipinski definition) is 1. The van der Waals surface area contributed by atoms with Crippen LogP contribution in [0.5, 0.6) is 0 Å². The van der Waals surface area contributed by atoms with E-state index < -0.39 is 0 Å². The van der Waals surface area contributed by atoms with Gasteiger partial charge < -0.3 is 4.74 Å². The molecular weight excluding hydrogens is 232 g/mol. The second kappa shape index (κ2) is 11.3. The molecule has 110 valence electrons. The monoisotopic (exact) mass is 264 g/mol. The van der Waals surface area contributed by atoms with Gasteiger partial charge in [-0.15, -0.1) is 0 Å². The summed E-state index contributed by atoms with van der Waals surface area (Å²) in [5.41, 5.74) is 0. The van der Waals surface area contributed by atoms with Crippen molar-refractivity contribution in [2.45, 2.75) is 89.8 Å². The second-order valence-electron chi connectivity index (χ2n) is 5.72. The van der Waals surface area contributed by atoms with Crippen molar-refractivity contribution in [1.82, 2.24) is 0 Å². The molecule has 0 aromatic heterocycles. The Balaban J connectivity index is 1.81. The van der Waals surface area contributed by atoms with Gasteiger partial charge >= 0.3 is 0 Å². The van der Waals surface area contributed by atoms with Gasteiger partial charge in [0.25, 0.3) is 0 Å². The van der Waals surface area contributed by atoms with Gasteiger partial charge in [-0.2, -0.15) is 0 Å². The lowest BCUT2D eigenvalue weighted by molar-refractivity contribution is 0.348. The topological polar surface area (TPSA) is 12.5 Å². The van der Waals surface area contributed by atoms with E-state index in [4.69, 9.17) is 4.74 Å². The van der Waals surface area contributed by atoms with Gasteiger partial charge in [0, 0.05) is 0 Å². The van der Waals surface area contributed by atoms with Gasteiger partial charge in [0.15, 0.2) is 0 Å². The molecule has 0 aromatic carbocycles. The van der Waals surface area contributed by atoms with Crippen LogP contribution < -0.4 is 0 Å². The lowest BCUT2D eigenvalue weighted by Crippen LogP contribution is -1.94. The summed E-state index contributed by atoms with van der Waals surface area (Å²) >= 11 is 0. The fourth-order valence-corrected chi connectivity index (χ4v) is 2.61. The summed E-state index contributed by atoms with van der Waals surface area (Å²) in [7, 11) is 0. The number of unbranched alkanes of at least 4 members (excludes halogenated alkanes) is 7. The fourth-order valence-electron chi connectivity index (χ4n) is 2.61. The summed E-state index contributed by atoms with van der Waals surface area (Å²) < 4.78 is 5.74. The molecule has 1 nitrogen and oxygen atoms in total. The van der Waals surface area contributed by atoms with E-state index in [0.29, 0.717) is 12.2 Å². The molecule has 0 saturated carbocycles. The molecule has 19 heavy (non-hydrogen) atoms. The van der Waals surface area contributed by atoms with Gasteiger partial charge in [-0.1, -0.05) is 76.7 Å². The van der Waals surface area contributed by atoms with Crippen LogP contribution in [0.2, 0.25) is 0 Å². The largest absolute Gasteiger partial charge is 0.370 e. The van der Waals surface area contributed by atoms with E-state index in [-0.39, 0.29) is 0 Å². The van der Waals surface area contributed by atoms with E-state index >= 15 is 0 Å². The molecule has 0 radical (unpaired) electrons. The van der Waals surface area contributed by atoms with Gasteiger partial charge in [0.1, 0.15) is 0 Å². The standard InChI is InChI=1S/C18H32O/c1-3-5-7-9-11-13-15-17-18(19-17)16-14-12-10-8-6-4-2/h3,5,7,17-18H,1,4,6,8-16H2,2H3/b7-5-. The van der Waals surface area contributed by atoms with Crippen molar-refractivity contribution < 1.29 is 4.74 Å². The molecule has 1 aliphatic rings. The molecule has 0 bridgehead atoms. The molecule has 1 heteroatoms. The minimum absolute atomic E-state index is 0.596. The molecule has 2 unspecified atom stereocenters. The molecular formula is C18H32O. The van der Waals surface area contributed by atoms with Crippen LogP contribution in [0.25, 0.3) is 0 Å². The molecule has 0 aliphatic carbocycles. The Morgan fingerprint density at radius 1 is 0.895 bits per heavy atom. The van der Waals surface area contributed by atoms with Crippen LogP contribution in [-0.4, -0.2) is 12.2 Å². The van der Waals surface area contributed by atoms with E-state index in [1.54, 1.807) is 0 Å². The molecule has 1 aliphatic heterocycles. The lowest BCUT2D eigenvalue weighted by atomic mass is 10.0. The van der Waals surface area contributed by atoms with E-state index in [1.165, 1.54) is 70.6 Å². The Morgan fingerprint density at radius 3 is 2.21 bits per heavy atom. The molecule has 1 heterocycles. The first-order chi connectivity index (χ1) is 9.38. The van der Waals surface area contributed by atoms with Crippen LogP contribution in [0.3, 0.4) is 0 Å². The highest BCUT2D eigenvalue weighted by molar-refractivity contribution is 4.96. The average molecular weight is 264 g/mol. The molecule has 0 spiro atoms. The molecule has 1 fully saturated rings. The van der Waals surface area contributed by atoms with Crippen LogP contribution in [0, 0.1) is 0 Å². The van der Waals surface area contributed by atoms with Crippen molar-refractivity contribution in [2.75, 3.05) is 0 Å². The molecule has 0 amide bonds. The van der Waals surface area contributed by atoms with E-state index in [2.05, 4.69) is 19.6 Å². The van der Waals surface area contributed by atoms with Gasteiger partial charge in [-0.3, -0.25) is 0 Å². The van der Waals surface area contributed by atoms with Gasteiger partial charge in [0.2, 0.25) is 0 Å². The number of ether oxygens (including phenoxy) is 1. The van der Waals surface area contributed by atoms with Crippen molar-refractivity contribution in [1.29, 1.82) is 0 Å². The molecule has 0 N–H and O–H groups in total. The normalized spacial score (nSPS) is 21.9. The summed E-state index contributed by atoms with van der Waals surface area (Å²) in [6.07, 6.45) is 22.0. The number of hydrogen-bond donors (Lipinski definition) is 0. The summed E-state index contributed by atoms with van der Waals surface area (Å²) in [5, 5.41) is 0. The minimum atomic E-state index is 0.596. The van der Waals surface area contributed by atoms with Crippen molar-refractivity contribution >= 4 is 0 Å². The van der Waals surface area contributed by atoms with E-state index in [1.807, 2.05) is 12.2 Å². The third-order valence-electron chi connectivity index (χ3n) is 3.91. The van der Waals surface area contributed by atoms with E-state index in [9.17, 15) is 0 Å². The van der Waals surface area contributed by atoms with Gasteiger partial charge in [0.05, 0.1) is 12.2 Å². The summed E-state index contributed by atoms with van der Waals surface area (Å²) in [5.74, 6) is 0. The van der Waals surface area contributed by atoms with Gasteiger partial charge in [-0.25, -0.2) is 0 Å². The number of allylic oxidation sites excluding steroid dienone is 3. The maximum atomic E-state index is 5.74.